The van der Waals surface area contributed by atoms with Crippen molar-refractivity contribution in [1.82, 2.24) is 14.3 Å². The highest BCUT2D eigenvalue weighted by Gasteiger charge is 2.15. The van der Waals surface area contributed by atoms with Gasteiger partial charge in [0.2, 0.25) is 10.0 Å². The minimum atomic E-state index is -3.66. The van der Waals surface area contributed by atoms with Crippen molar-refractivity contribution in [3.05, 3.63) is 66.1 Å². The minimum absolute atomic E-state index is 0.115. The van der Waals surface area contributed by atoms with Crippen LogP contribution >= 0.6 is 0 Å². The largest absolute Gasteiger partial charge is 0.307 e. The predicted molar refractivity (Wildman–Crippen MR) is 92.9 cm³/mol. The van der Waals surface area contributed by atoms with E-state index in [1.165, 1.54) is 0 Å². The summed E-state index contributed by atoms with van der Waals surface area (Å²) in [6.45, 7) is 2.77. The number of fused-ring (bicyclic) bond motifs is 1. The Morgan fingerprint density at radius 2 is 1.92 bits per heavy atom. The summed E-state index contributed by atoms with van der Waals surface area (Å²) in [6.07, 6.45) is 3.99. The van der Waals surface area contributed by atoms with Crippen molar-refractivity contribution in [2.75, 3.05) is 7.05 Å². The number of rotatable bonds is 5. The molecule has 24 heavy (non-hydrogen) atoms. The first-order valence-electron chi connectivity index (χ1n) is 7.60. The number of imidazole rings is 1. The van der Waals surface area contributed by atoms with Gasteiger partial charge in [-0.05, 0) is 43.8 Å². The van der Waals surface area contributed by atoms with E-state index < -0.39 is 10.0 Å². The highest BCUT2D eigenvalue weighted by atomic mass is 32.2. The van der Waals surface area contributed by atoms with Crippen LogP contribution in [0.15, 0.2) is 59.8 Å². The molecule has 0 amide bonds. The maximum Gasteiger partial charge on any atom is 0.238 e. The van der Waals surface area contributed by atoms with Crippen LogP contribution < -0.4 is 5.14 Å². The first-order chi connectivity index (χ1) is 11.3. The molecule has 1 atom stereocenters. The number of benzene rings is 1. The molecule has 0 bridgehead atoms. The highest BCUT2D eigenvalue weighted by Crippen LogP contribution is 2.22. The van der Waals surface area contributed by atoms with Gasteiger partial charge in [0.1, 0.15) is 5.65 Å². The average Bonchev–Trinajstić information content (AvgIpc) is 2.95. The number of primary sulfonamides is 1. The number of hydrogen-bond donors (Lipinski definition) is 1. The van der Waals surface area contributed by atoms with Gasteiger partial charge in [-0.15, -0.1) is 0 Å². The number of hydrogen-bond acceptors (Lipinski definition) is 4. The van der Waals surface area contributed by atoms with Crippen LogP contribution in [0.3, 0.4) is 0 Å². The smallest absolute Gasteiger partial charge is 0.238 e. The van der Waals surface area contributed by atoms with E-state index in [0.717, 1.165) is 16.9 Å². The molecule has 3 rings (SSSR count). The summed E-state index contributed by atoms with van der Waals surface area (Å²) in [4.78, 5) is 6.89. The molecule has 0 spiro atoms. The average molecular weight is 344 g/mol. The van der Waals surface area contributed by atoms with Crippen LogP contribution in [0, 0.1) is 0 Å². The van der Waals surface area contributed by atoms with E-state index in [-0.39, 0.29) is 10.9 Å². The Balaban J connectivity index is 1.75. The molecule has 0 fully saturated rings. The van der Waals surface area contributed by atoms with Crippen molar-refractivity contribution in [2.24, 2.45) is 5.14 Å². The van der Waals surface area contributed by atoms with Gasteiger partial charge >= 0.3 is 0 Å². The molecule has 1 aromatic carbocycles. The van der Waals surface area contributed by atoms with E-state index in [0.29, 0.717) is 6.54 Å². The summed E-state index contributed by atoms with van der Waals surface area (Å²) < 4.78 is 24.7. The van der Waals surface area contributed by atoms with Gasteiger partial charge in [0.15, 0.2) is 0 Å². The number of sulfonamides is 1. The van der Waals surface area contributed by atoms with Gasteiger partial charge in [0.25, 0.3) is 0 Å². The summed E-state index contributed by atoms with van der Waals surface area (Å²) >= 11 is 0. The van der Waals surface area contributed by atoms with E-state index >= 15 is 0 Å². The number of aromatic nitrogens is 2. The van der Waals surface area contributed by atoms with Crippen molar-refractivity contribution < 1.29 is 8.42 Å². The predicted octanol–water partition coefficient (Wildman–Crippen LogP) is 2.17. The van der Waals surface area contributed by atoms with Gasteiger partial charge in [0.05, 0.1) is 10.6 Å². The van der Waals surface area contributed by atoms with Gasteiger partial charge in [-0.2, -0.15) is 0 Å². The topological polar surface area (TPSA) is 80.7 Å². The van der Waals surface area contributed by atoms with Gasteiger partial charge in [-0.1, -0.05) is 18.2 Å². The van der Waals surface area contributed by atoms with Gasteiger partial charge in [-0.25, -0.2) is 18.5 Å². The molecule has 0 radical (unpaired) electrons. The van der Waals surface area contributed by atoms with Crippen LogP contribution in [-0.4, -0.2) is 29.8 Å². The van der Waals surface area contributed by atoms with Gasteiger partial charge in [0, 0.05) is 25.0 Å². The fraction of sp³-hybridized carbons (Fsp3) is 0.235. The molecule has 2 heterocycles. The quantitative estimate of drug-likeness (QED) is 0.769. The van der Waals surface area contributed by atoms with Crippen molar-refractivity contribution in [2.45, 2.75) is 24.4 Å². The zero-order valence-electron chi connectivity index (χ0n) is 13.6. The molecule has 1 unspecified atom stereocenters. The van der Waals surface area contributed by atoms with Crippen LogP contribution in [0.25, 0.3) is 5.65 Å². The fourth-order valence-corrected chi connectivity index (χ4v) is 3.16. The van der Waals surface area contributed by atoms with E-state index in [4.69, 9.17) is 5.14 Å². The maximum atomic E-state index is 11.3. The van der Waals surface area contributed by atoms with E-state index in [1.807, 2.05) is 42.0 Å². The lowest BCUT2D eigenvalue weighted by Crippen LogP contribution is -2.22. The van der Waals surface area contributed by atoms with Crippen LogP contribution in [0.4, 0.5) is 0 Å². The Labute approximate surface area is 141 Å². The lowest BCUT2D eigenvalue weighted by molar-refractivity contribution is 0.250. The normalized spacial score (nSPS) is 13.5. The molecule has 0 saturated heterocycles. The van der Waals surface area contributed by atoms with Gasteiger partial charge < -0.3 is 4.40 Å². The third-order valence-corrected chi connectivity index (χ3v) is 5.11. The molecular weight excluding hydrogens is 324 g/mol. The Kier molecular flexibility index (Phi) is 4.40. The third-order valence-electron chi connectivity index (χ3n) is 4.18. The van der Waals surface area contributed by atoms with Crippen LogP contribution in [0.2, 0.25) is 0 Å². The molecular formula is C17H20N4O2S. The third kappa shape index (κ3) is 3.48. The zero-order valence-corrected chi connectivity index (χ0v) is 14.4. The first-order valence-corrected chi connectivity index (χ1v) is 9.15. The summed E-state index contributed by atoms with van der Waals surface area (Å²) in [7, 11) is -1.64. The van der Waals surface area contributed by atoms with E-state index in [2.05, 4.69) is 16.8 Å². The molecule has 3 aromatic rings. The lowest BCUT2D eigenvalue weighted by Gasteiger charge is -2.24. The summed E-state index contributed by atoms with van der Waals surface area (Å²) in [5, 5.41) is 5.13. The zero-order chi connectivity index (χ0) is 17.3. The molecule has 0 saturated carbocycles. The second-order valence-corrected chi connectivity index (χ2v) is 7.46. The molecule has 2 N–H and O–H groups in total. The first kappa shape index (κ1) is 16.6. The van der Waals surface area contributed by atoms with Crippen molar-refractivity contribution in [3.8, 4) is 0 Å². The molecule has 6 nitrogen and oxygen atoms in total. The molecule has 2 aromatic heterocycles. The van der Waals surface area contributed by atoms with Crippen molar-refractivity contribution >= 4 is 15.7 Å². The molecule has 126 valence electrons. The fourth-order valence-electron chi connectivity index (χ4n) is 2.65. The van der Waals surface area contributed by atoms with Crippen molar-refractivity contribution in [1.29, 1.82) is 0 Å². The van der Waals surface area contributed by atoms with Crippen molar-refractivity contribution in [3.63, 3.8) is 0 Å². The van der Waals surface area contributed by atoms with Crippen LogP contribution in [0.1, 0.15) is 24.2 Å². The van der Waals surface area contributed by atoms with Crippen LogP contribution in [-0.2, 0) is 16.6 Å². The van der Waals surface area contributed by atoms with E-state index in [9.17, 15) is 8.42 Å². The Bertz CT molecular complexity index is 915. The molecule has 0 aliphatic carbocycles. The Morgan fingerprint density at radius 1 is 1.21 bits per heavy atom. The standard InChI is InChI=1S/C17H20N4O2S/c1-13(14-6-8-16(9-7-14)24(18,22)23)20(2)11-15-12-21-10-4-3-5-17(21)19-15/h3-10,12-13H,11H2,1-2H3,(H2,18,22,23). The monoisotopic (exact) mass is 344 g/mol. The molecule has 7 heteroatoms. The lowest BCUT2D eigenvalue weighted by atomic mass is 10.1. The highest BCUT2D eigenvalue weighted by molar-refractivity contribution is 7.89. The number of pyridine rings is 1. The van der Waals surface area contributed by atoms with E-state index in [1.54, 1.807) is 24.3 Å². The summed E-state index contributed by atoms with van der Waals surface area (Å²) in [5.41, 5.74) is 2.93. The van der Waals surface area contributed by atoms with Gasteiger partial charge in [-0.3, -0.25) is 4.90 Å². The SMILES string of the molecule is CC(c1ccc(S(N)(=O)=O)cc1)N(C)Cc1cn2ccccc2n1. The number of nitrogens with two attached hydrogens (primary N) is 1. The minimum Gasteiger partial charge on any atom is -0.307 e. The second-order valence-electron chi connectivity index (χ2n) is 5.90. The number of nitrogens with zero attached hydrogens (tertiary/aromatic N) is 3. The second kappa shape index (κ2) is 6.35. The Hall–Kier alpha value is -2.22. The molecule has 0 aliphatic heterocycles. The Morgan fingerprint density at radius 3 is 2.54 bits per heavy atom. The van der Waals surface area contributed by atoms with Crippen LogP contribution in [0.5, 0.6) is 0 Å². The summed E-state index contributed by atoms with van der Waals surface area (Å²) in [6, 6.07) is 12.7. The maximum absolute atomic E-state index is 11.3. The summed E-state index contributed by atoms with van der Waals surface area (Å²) in [5.74, 6) is 0. The molecule has 0 aliphatic rings.